The lowest BCUT2D eigenvalue weighted by molar-refractivity contribution is 0.511. The van der Waals surface area contributed by atoms with Gasteiger partial charge in [-0.2, -0.15) is 11.8 Å². The molecule has 1 aliphatic carbocycles. The SMILES string of the molecule is CCCNC(CSC1CCCCC1)Cc1ccccc1. The maximum atomic E-state index is 3.74. The molecule has 0 saturated heterocycles. The first-order valence-corrected chi connectivity index (χ1v) is 9.32. The first-order valence-electron chi connectivity index (χ1n) is 8.27. The molecule has 1 aromatic rings. The topological polar surface area (TPSA) is 12.0 Å². The van der Waals surface area contributed by atoms with E-state index in [0.717, 1.165) is 11.8 Å². The maximum absolute atomic E-state index is 3.74. The molecule has 1 N–H and O–H groups in total. The van der Waals surface area contributed by atoms with Crippen LogP contribution in [0, 0.1) is 0 Å². The van der Waals surface area contributed by atoms with E-state index in [0.29, 0.717) is 6.04 Å². The minimum absolute atomic E-state index is 0.629. The molecule has 1 saturated carbocycles. The lowest BCUT2D eigenvalue weighted by Gasteiger charge is -2.24. The minimum Gasteiger partial charge on any atom is -0.313 e. The Balaban J connectivity index is 1.79. The Hall–Kier alpha value is -0.470. The van der Waals surface area contributed by atoms with Crippen LogP contribution in [-0.4, -0.2) is 23.6 Å². The lowest BCUT2D eigenvalue weighted by Crippen LogP contribution is -2.34. The molecule has 112 valence electrons. The van der Waals surface area contributed by atoms with Gasteiger partial charge in [0, 0.05) is 17.0 Å². The van der Waals surface area contributed by atoms with E-state index in [-0.39, 0.29) is 0 Å². The molecule has 0 radical (unpaired) electrons. The zero-order valence-corrected chi connectivity index (χ0v) is 13.6. The molecule has 0 amide bonds. The zero-order chi connectivity index (χ0) is 14.0. The Labute approximate surface area is 128 Å². The van der Waals surface area contributed by atoms with E-state index in [1.165, 1.54) is 56.3 Å². The molecule has 20 heavy (non-hydrogen) atoms. The molecule has 0 heterocycles. The Morgan fingerprint density at radius 2 is 1.90 bits per heavy atom. The van der Waals surface area contributed by atoms with Gasteiger partial charge in [0.15, 0.2) is 0 Å². The molecule has 1 aliphatic rings. The van der Waals surface area contributed by atoms with Gasteiger partial charge in [-0.05, 0) is 37.8 Å². The monoisotopic (exact) mass is 291 g/mol. The predicted molar refractivity (Wildman–Crippen MR) is 91.6 cm³/mol. The number of hydrogen-bond acceptors (Lipinski definition) is 2. The van der Waals surface area contributed by atoms with Gasteiger partial charge in [-0.3, -0.25) is 0 Å². The van der Waals surface area contributed by atoms with Gasteiger partial charge in [-0.15, -0.1) is 0 Å². The molecule has 1 aromatic carbocycles. The highest BCUT2D eigenvalue weighted by Gasteiger charge is 2.16. The van der Waals surface area contributed by atoms with Crippen molar-refractivity contribution in [1.82, 2.24) is 5.32 Å². The average molecular weight is 292 g/mol. The standard InChI is InChI=1S/C18H29NS/c1-2-13-19-17(14-16-9-5-3-6-10-16)15-20-18-11-7-4-8-12-18/h3,5-6,9-10,17-19H,2,4,7-8,11-15H2,1H3. The summed E-state index contributed by atoms with van der Waals surface area (Å²) in [5, 5.41) is 4.66. The van der Waals surface area contributed by atoms with Crippen LogP contribution in [-0.2, 0) is 6.42 Å². The second kappa shape index (κ2) is 9.46. The molecule has 1 fully saturated rings. The van der Waals surface area contributed by atoms with E-state index >= 15 is 0 Å². The summed E-state index contributed by atoms with van der Waals surface area (Å²) in [5.74, 6) is 1.26. The Kier molecular flexibility index (Phi) is 7.53. The fourth-order valence-electron chi connectivity index (χ4n) is 2.92. The summed E-state index contributed by atoms with van der Waals surface area (Å²) in [5.41, 5.74) is 1.46. The van der Waals surface area contributed by atoms with Crippen molar-refractivity contribution in [2.75, 3.05) is 12.3 Å². The Morgan fingerprint density at radius 3 is 2.60 bits per heavy atom. The summed E-state index contributed by atoms with van der Waals surface area (Å²) < 4.78 is 0. The van der Waals surface area contributed by atoms with Gasteiger partial charge < -0.3 is 5.32 Å². The van der Waals surface area contributed by atoms with Crippen molar-refractivity contribution in [2.24, 2.45) is 0 Å². The summed E-state index contributed by atoms with van der Waals surface area (Å²) in [4.78, 5) is 0. The normalized spacial score (nSPS) is 18.1. The molecular weight excluding hydrogens is 262 g/mol. The first kappa shape index (κ1) is 15.9. The summed E-state index contributed by atoms with van der Waals surface area (Å²) in [6.45, 7) is 3.39. The minimum atomic E-state index is 0.629. The van der Waals surface area contributed by atoms with Crippen LogP contribution in [0.3, 0.4) is 0 Å². The van der Waals surface area contributed by atoms with Crippen molar-refractivity contribution in [2.45, 2.75) is 63.2 Å². The molecule has 0 aromatic heterocycles. The predicted octanol–water partition coefficient (Wildman–Crippen LogP) is 4.66. The number of hydrogen-bond donors (Lipinski definition) is 1. The lowest BCUT2D eigenvalue weighted by atomic mass is 10.0. The fourth-order valence-corrected chi connectivity index (χ4v) is 4.33. The quantitative estimate of drug-likeness (QED) is 0.747. The van der Waals surface area contributed by atoms with Crippen LogP contribution in [0.2, 0.25) is 0 Å². The summed E-state index contributed by atoms with van der Waals surface area (Å²) in [6, 6.07) is 11.6. The van der Waals surface area contributed by atoms with Gasteiger partial charge in [-0.25, -0.2) is 0 Å². The van der Waals surface area contributed by atoms with Gasteiger partial charge in [0.1, 0.15) is 0 Å². The number of rotatable bonds is 8. The van der Waals surface area contributed by atoms with Crippen LogP contribution in [0.25, 0.3) is 0 Å². The molecule has 0 spiro atoms. The van der Waals surface area contributed by atoms with Crippen LogP contribution in [0.4, 0.5) is 0 Å². The van der Waals surface area contributed by atoms with Crippen LogP contribution in [0.15, 0.2) is 30.3 Å². The van der Waals surface area contributed by atoms with Crippen LogP contribution < -0.4 is 5.32 Å². The average Bonchev–Trinajstić information content (AvgIpc) is 2.52. The molecule has 1 unspecified atom stereocenters. The largest absolute Gasteiger partial charge is 0.313 e. The van der Waals surface area contributed by atoms with Crippen molar-refractivity contribution in [3.05, 3.63) is 35.9 Å². The van der Waals surface area contributed by atoms with Gasteiger partial charge in [0.2, 0.25) is 0 Å². The maximum Gasteiger partial charge on any atom is 0.0198 e. The van der Waals surface area contributed by atoms with E-state index in [1.807, 2.05) is 0 Å². The molecule has 2 heteroatoms. The van der Waals surface area contributed by atoms with E-state index < -0.39 is 0 Å². The third-order valence-corrected chi connectivity index (χ3v) is 5.63. The third-order valence-electron chi connectivity index (χ3n) is 4.09. The van der Waals surface area contributed by atoms with Crippen LogP contribution in [0.5, 0.6) is 0 Å². The number of nitrogens with one attached hydrogen (secondary N) is 1. The Morgan fingerprint density at radius 1 is 1.15 bits per heavy atom. The molecular formula is C18H29NS. The summed E-state index contributed by atoms with van der Waals surface area (Å²) in [7, 11) is 0. The van der Waals surface area contributed by atoms with Crippen molar-refractivity contribution < 1.29 is 0 Å². The highest BCUT2D eigenvalue weighted by Crippen LogP contribution is 2.28. The highest BCUT2D eigenvalue weighted by molar-refractivity contribution is 7.99. The van der Waals surface area contributed by atoms with Crippen molar-refractivity contribution in [3.8, 4) is 0 Å². The third kappa shape index (κ3) is 5.88. The van der Waals surface area contributed by atoms with Crippen LogP contribution >= 0.6 is 11.8 Å². The molecule has 1 nitrogen and oxygen atoms in total. The molecule has 2 rings (SSSR count). The number of thioether (sulfide) groups is 1. The Bertz CT molecular complexity index is 346. The summed E-state index contributed by atoms with van der Waals surface area (Å²) in [6.07, 6.45) is 9.62. The fraction of sp³-hybridized carbons (Fsp3) is 0.667. The van der Waals surface area contributed by atoms with E-state index in [2.05, 4.69) is 54.3 Å². The molecule has 1 atom stereocenters. The zero-order valence-electron chi connectivity index (χ0n) is 12.8. The van der Waals surface area contributed by atoms with Gasteiger partial charge in [0.25, 0.3) is 0 Å². The number of benzene rings is 1. The van der Waals surface area contributed by atoms with Crippen LogP contribution in [0.1, 0.15) is 51.0 Å². The van der Waals surface area contributed by atoms with Crippen molar-refractivity contribution in [3.63, 3.8) is 0 Å². The molecule has 0 bridgehead atoms. The summed E-state index contributed by atoms with van der Waals surface area (Å²) >= 11 is 2.21. The second-order valence-corrected chi connectivity index (χ2v) is 7.27. The van der Waals surface area contributed by atoms with Crippen molar-refractivity contribution in [1.29, 1.82) is 0 Å². The van der Waals surface area contributed by atoms with Crippen molar-refractivity contribution >= 4 is 11.8 Å². The smallest absolute Gasteiger partial charge is 0.0198 e. The van der Waals surface area contributed by atoms with E-state index in [4.69, 9.17) is 0 Å². The first-order chi connectivity index (χ1) is 9.88. The highest BCUT2D eigenvalue weighted by atomic mass is 32.2. The van der Waals surface area contributed by atoms with Gasteiger partial charge >= 0.3 is 0 Å². The molecule has 0 aliphatic heterocycles. The van der Waals surface area contributed by atoms with Gasteiger partial charge in [-0.1, -0.05) is 56.5 Å². The van der Waals surface area contributed by atoms with E-state index in [9.17, 15) is 0 Å². The van der Waals surface area contributed by atoms with Gasteiger partial charge in [0.05, 0.1) is 0 Å². The van der Waals surface area contributed by atoms with E-state index in [1.54, 1.807) is 0 Å². The second-order valence-electron chi connectivity index (χ2n) is 5.93.